The second-order valence-corrected chi connectivity index (χ2v) is 6.45. The fraction of sp³-hybridized carbons (Fsp3) is 0.462. The summed E-state index contributed by atoms with van der Waals surface area (Å²) in [6.45, 7) is 1.54. The van der Waals surface area contributed by atoms with Gasteiger partial charge in [0.05, 0.1) is 20.7 Å². The Bertz CT molecular complexity index is 501. The number of hydrogen-bond donors (Lipinski definition) is 1. The maximum atomic E-state index is 12.2. The van der Waals surface area contributed by atoms with E-state index in [1.54, 1.807) is 23.1 Å². The van der Waals surface area contributed by atoms with Gasteiger partial charge in [0.2, 0.25) is 5.91 Å². The molecule has 0 aromatic heterocycles. The van der Waals surface area contributed by atoms with Crippen LogP contribution in [0.3, 0.4) is 0 Å². The van der Waals surface area contributed by atoms with Crippen molar-refractivity contribution in [3.63, 3.8) is 0 Å². The number of carbonyl (C=O) groups is 1. The van der Waals surface area contributed by atoms with Crippen molar-refractivity contribution in [1.82, 2.24) is 4.90 Å². The molecular weight excluding hydrogens is 284 g/mol. The minimum atomic E-state index is -1.41. The van der Waals surface area contributed by atoms with E-state index in [4.69, 9.17) is 17.3 Å². The molecule has 4 nitrogen and oxygen atoms in total. The number of hydrogen-bond acceptors (Lipinski definition) is 3. The first kappa shape index (κ1) is 14.3. The van der Waals surface area contributed by atoms with E-state index in [1.165, 1.54) is 0 Å². The van der Waals surface area contributed by atoms with E-state index in [0.717, 1.165) is 32.4 Å². The van der Waals surface area contributed by atoms with Gasteiger partial charge in [0, 0.05) is 18.8 Å². The number of anilines is 1. The van der Waals surface area contributed by atoms with Crippen molar-refractivity contribution in [2.75, 3.05) is 24.6 Å². The Labute approximate surface area is 120 Å². The first-order valence-electron chi connectivity index (χ1n) is 6.29. The highest BCUT2D eigenvalue weighted by Gasteiger charge is 2.20. The number of rotatable bonds is 3. The second kappa shape index (κ2) is 6.39. The third-order valence-electron chi connectivity index (χ3n) is 3.16. The number of amides is 1. The maximum absolute atomic E-state index is 12.2. The van der Waals surface area contributed by atoms with Crippen molar-refractivity contribution in [2.24, 2.45) is 0 Å². The summed E-state index contributed by atoms with van der Waals surface area (Å²) in [5, 5.41) is 0.352. The van der Waals surface area contributed by atoms with Crippen LogP contribution in [0.1, 0.15) is 19.3 Å². The van der Waals surface area contributed by atoms with E-state index in [1.807, 2.05) is 0 Å². The topological polar surface area (TPSA) is 63.4 Å². The molecule has 6 heteroatoms. The van der Waals surface area contributed by atoms with Crippen molar-refractivity contribution in [1.29, 1.82) is 0 Å². The summed E-state index contributed by atoms with van der Waals surface area (Å²) in [6.07, 6.45) is 3.22. The van der Waals surface area contributed by atoms with Crippen LogP contribution in [-0.2, 0) is 15.6 Å². The number of halogens is 1. The van der Waals surface area contributed by atoms with Crippen LogP contribution in [0, 0.1) is 0 Å². The number of nitrogens with two attached hydrogens (primary N) is 1. The van der Waals surface area contributed by atoms with E-state index >= 15 is 0 Å². The first-order chi connectivity index (χ1) is 9.08. The molecule has 0 saturated carbocycles. The van der Waals surface area contributed by atoms with Crippen LogP contribution in [0.2, 0.25) is 5.02 Å². The molecule has 2 N–H and O–H groups in total. The number of carbonyl (C=O) groups excluding carboxylic acids is 1. The van der Waals surface area contributed by atoms with Crippen molar-refractivity contribution in [3.05, 3.63) is 23.2 Å². The minimum Gasteiger partial charge on any atom is -0.399 e. The number of likely N-dealkylation sites (tertiary alicyclic amines) is 1. The van der Waals surface area contributed by atoms with E-state index < -0.39 is 10.8 Å². The zero-order valence-corrected chi connectivity index (χ0v) is 12.2. The third-order valence-corrected chi connectivity index (χ3v) is 4.95. The van der Waals surface area contributed by atoms with Gasteiger partial charge < -0.3 is 10.6 Å². The number of nitrogen functional groups attached to an aromatic ring is 1. The number of nitrogens with zero attached hydrogens (tertiary/aromatic N) is 1. The summed E-state index contributed by atoms with van der Waals surface area (Å²) in [4.78, 5) is 14.3. The van der Waals surface area contributed by atoms with Crippen LogP contribution < -0.4 is 5.73 Å². The van der Waals surface area contributed by atoms with E-state index in [2.05, 4.69) is 0 Å². The SMILES string of the molecule is Nc1ccc(S(=O)CC(=O)N2CCCCC2)c(Cl)c1. The van der Waals surface area contributed by atoms with Crippen LogP contribution >= 0.6 is 11.6 Å². The summed E-state index contributed by atoms with van der Waals surface area (Å²) in [7, 11) is -1.41. The van der Waals surface area contributed by atoms with Gasteiger partial charge in [0.25, 0.3) is 0 Å². The Balaban J connectivity index is 2.02. The fourth-order valence-electron chi connectivity index (χ4n) is 2.13. The quantitative estimate of drug-likeness (QED) is 0.869. The molecule has 1 unspecified atom stereocenters. The van der Waals surface area contributed by atoms with Crippen LogP contribution in [0.4, 0.5) is 5.69 Å². The largest absolute Gasteiger partial charge is 0.399 e. The Hall–Kier alpha value is -1.07. The van der Waals surface area contributed by atoms with Gasteiger partial charge in [-0.2, -0.15) is 0 Å². The molecule has 1 aliphatic heterocycles. The van der Waals surface area contributed by atoms with Crippen LogP contribution in [0.25, 0.3) is 0 Å². The number of piperidine rings is 1. The predicted octanol–water partition coefficient (Wildman–Crippen LogP) is 2.04. The second-order valence-electron chi connectivity index (χ2n) is 4.62. The van der Waals surface area contributed by atoms with Gasteiger partial charge in [-0.1, -0.05) is 11.6 Å². The molecule has 0 bridgehead atoms. The van der Waals surface area contributed by atoms with Crippen molar-refractivity contribution >= 4 is 34.0 Å². The molecule has 0 aliphatic carbocycles. The molecule has 1 saturated heterocycles. The zero-order chi connectivity index (χ0) is 13.8. The molecule has 104 valence electrons. The highest BCUT2D eigenvalue weighted by Crippen LogP contribution is 2.23. The Morgan fingerprint density at radius 3 is 2.63 bits per heavy atom. The highest BCUT2D eigenvalue weighted by molar-refractivity contribution is 7.85. The fourth-order valence-corrected chi connectivity index (χ4v) is 3.63. The number of benzene rings is 1. The molecular formula is C13H17ClN2O2S. The smallest absolute Gasteiger partial charge is 0.235 e. The van der Waals surface area contributed by atoms with Crippen molar-refractivity contribution in [2.45, 2.75) is 24.2 Å². The lowest BCUT2D eigenvalue weighted by molar-refractivity contribution is -0.129. The van der Waals surface area contributed by atoms with Gasteiger partial charge in [0.1, 0.15) is 5.75 Å². The molecule has 1 aromatic carbocycles. The molecule has 1 amide bonds. The standard InChI is InChI=1S/C13H17ClN2O2S/c14-11-8-10(15)4-5-12(11)19(18)9-13(17)16-6-2-1-3-7-16/h4-5,8H,1-3,6-7,9,15H2. The lowest BCUT2D eigenvalue weighted by Crippen LogP contribution is -2.38. The molecule has 0 radical (unpaired) electrons. The third kappa shape index (κ3) is 3.70. The van der Waals surface area contributed by atoms with Gasteiger partial charge in [-0.25, -0.2) is 0 Å². The minimum absolute atomic E-state index is 0.0103. The summed E-state index contributed by atoms with van der Waals surface area (Å²) >= 11 is 6.00. The van der Waals surface area contributed by atoms with Crippen LogP contribution in [0.15, 0.2) is 23.1 Å². The van der Waals surface area contributed by atoms with E-state index in [-0.39, 0.29) is 11.7 Å². The zero-order valence-electron chi connectivity index (χ0n) is 10.6. The molecule has 2 rings (SSSR count). The van der Waals surface area contributed by atoms with Gasteiger partial charge in [-0.3, -0.25) is 9.00 Å². The van der Waals surface area contributed by atoms with Gasteiger partial charge in [0.15, 0.2) is 0 Å². The van der Waals surface area contributed by atoms with Crippen LogP contribution in [-0.4, -0.2) is 33.9 Å². The normalized spacial score (nSPS) is 17.2. The average Bonchev–Trinajstić information content (AvgIpc) is 2.39. The maximum Gasteiger partial charge on any atom is 0.235 e. The lowest BCUT2D eigenvalue weighted by Gasteiger charge is -2.26. The summed E-state index contributed by atoms with van der Waals surface area (Å²) < 4.78 is 12.2. The Kier molecular flexibility index (Phi) is 4.82. The first-order valence-corrected chi connectivity index (χ1v) is 7.99. The van der Waals surface area contributed by atoms with Gasteiger partial charge in [-0.05, 0) is 37.5 Å². The predicted molar refractivity (Wildman–Crippen MR) is 77.6 cm³/mol. The molecule has 1 heterocycles. The summed E-state index contributed by atoms with van der Waals surface area (Å²) in [6, 6.07) is 4.82. The van der Waals surface area contributed by atoms with Crippen molar-refractivity contribution in [3.8, 4) is 0 Å². The van der Waals surface area contributed by atoms with Gasteiger partial charge in [-0.15, -0.1) is 0 Å². The lowest BCUT2D eigenvalue weighted by atomic mass is 10.1. The Morgan fingerprint density at radius 2 is 2.00 bits per heavy atom. The average molecular weight is 301 g/mol. The Morgan fingerprint density at radius 1 is 1.32 bits per heavy atom. The summed E-state index contributed by atoms with van der Waals surface area (Å²) in [5.74, 6) is -0.0742. The molecule has 1 aliphatic rings. The molecule has 19 heavy (non-hydrogen) atoms. The molecule has 1 aromatic rings. The van der Waals surface area contributed by atoms with Crippen molar-refractivity contribution < 1.29 is 9.00 Å². The molecule has 0 spiro atoms. The van der Waals surface area contributed by atoms with Crippen LogP contribution in [0.5, 0.6) is 0 Å². The monoisotopic (exact) mass is 300 g/mol. The van der Waals surface area contributed by atoms with Gasteiger partial charge >= 0.3 is 0 Å². The highest BCUT2D eigenvalue weighted by atomic mass is 35.5. The summed E-state index contributed by atoms with van der Waals surface area (Å²) in [5.41, 5.74) is 6.11. The molecule has 1 fully saturated rings. The molecule has 1 atom stereocenters. The van der Waals surface area contributed by atoms with E-state index in [0.29, 0.717) is 15.6 Å². The van der Waals surface area contributed by atoms with E-state index in [9.17, 15) is 9.00 Å².